The van der Waals surface area contributed by atoms with Crippen molar-refractivity contribution in [2.24, 2.45) is 0 Å². The number of benzene rings is 2. The van der Waals surface area contributed by atoms with E-state index in [1.807, 2.05) is 13.0 Å². The van der Waals surface area contributed by atoms with Gasteiger partial charge in [-0.25, -0.2) is 9.37 Å². The summed E-state index contributed by atoms with van der Waals surface area (Å²) in [5.74, 6) is 0.611. The second-order valence-corrected chi connectivity index (χ2v) is 9.10. The van der Waals surface area contributed by atoms with Crippen LogP contribution in [-0.4, -0.2) is 36.3 Å². The number of nitrogens with one attached hydrogen (secondary N) is 2. The zero-order valence-corrected chi connectivity index (χ0v) is 22.2. The average molecular weight is 546 g/mol. The number of amides is 1. The summed E-state index contributed by atoms with van der Waals surface area (Å²) < 4.78 is 36.0. The minimum Gasteiger partial charge on any atom is -0.502 e. The fourth-order valence-corrected chi connectivity index (χ4v) is 4.79. The number of aromatic hydroxyl groups is 1. The first kappa shape index (κ1) is 26.8. The first-order valence-electron chi connectivity index (χ1n) is 12.5. The van der Waals surface area contributed by atoms with Crippen LogP contribution >= 0.6 is 0 Å². The quantitative estimate of drug-likeness (QED) is 0.257. The molecule has 2 aromatic carbocycles. The van der Waals surface area contributed by atoms with Gasteiger partial charge in [0.1, 0.15) is 23.9 Å². The number of ether oxygens (including phenoxy) is 2. The second kappa shape index (κ2) is 11.5. The Morgan fingerprint density at radius 3 is 2.50 bits per heavy atom. The Morgan fingerprint density at radius 2 is 1.85 bits per heavy atom. The van der Waals surface area contributed by atoms with Gasteiger partial charge in [0.05, 0.1) is 39.8 Å². The Labute approximate surface area is 229 Å². The van der Waals surface area contributed by atoms with E-state index in [-0.39, 0.29) is 36.2 Å². The molecule has 0 bridgehead atoms. The number of carbonyl (C=O) groups is 1. The van der Waals surface area contributed by atoms with E-state index in [9.17, 15) is 14.3 Å². The SMILES string of the molecule is COc1cc(/C=C2/C(C)=C(C(NCc3ncco3)C(=O)NCc3ccco3)c3cc(F)ccc32)cc(OC)c1O. The van der Waals surface area contributed by atoms with Crippen molar-refractivity contribution in [1.82, 2.24) is 15.6 Å². The molecule has 4 aromatic rings. The molecule has 206 valence electrons. The molecule has 10 heteroatoms. The molecular weight excluding hydrogens is 517 g/mol. The number of phenols is 1. The fourth-order valence-electron chi connectivity index (χ4n) is 4.79. The minimum atomic E-state index is -0.878. The highest BCUT2D eigenvalue weighted by Crippen LogP contribution is 2.45. The molecule has 0 aliphatic heterocycles. The predicted molar refractivity (Wildman–Crippen MR) is 146 cm³/mol. The van der Waals surface area contributed by atoms with Gasteiger partial charge >= 0.3 is 0 Å². The molecule has 1 aliphatic rings. The van der Waals surface area contributed by atoms with Crippen molar-refractivity contribution in [3.05, 3.63) is 101 Å². The number of halogens is 1. The lowest BCUT2D eigenvalue weighted by Gasteiger charge is -2.21. The molecule has 0 radical (unpaired) electrons. The van der Waals surface area contributed by atoms with E-state index in [1.54, 1.807) is 30.3 Å². The molecule has 0 saturated heterocycles. The third-order valence-electron chi connectivity index (χ3n) is 6.69. The van der Waals surface area contributed by atoms with Crippen LogP contribution in [0.1, 0.15) is 35.3 Å². The summed E-state index contributed by atoms with van der Waals surface area (Å²) in [4.78, 5) is 17.8. The third kappa shape index (κ3) is 5.34. The fraction of sp³-hybridized carbons (Fsp3) is 0.200. The lowest BCUT2D eigenvalue weighted by Crippen LogP contribution is -2.44. The van der Waals surface area contributed by atoms with Gasteiger partial charge in [-0.3, -0.25) is 10.1 Å². The van der Waals surface area contributed by atoms with E-state index >= 15 is 0 Å². The number of hydrogen-bond donors (Lipinski definition) is 3. The largest absolute Gasteiger partial charge is 0.502 e. The van der Waals surface area contributed by atoms with E-state index in [2.05, 4.69) is 15.6 Å². The van der Waals surface area contributed by atoms with Crippen molar-refractivity contribution in [3.63, 3.8) is 0 Å². The van der Waals surface area contributed by atoms with Crippen LogP contribution in [0, 0.1) is 5.82 Å². The lowest BCUT2D eigenvalue weighted by atomic mass is 9.97. The number of furan rings is 1. The molecule has 1 unspecified atom stereocenters. The molecule has 2 heterocycles. The topological polar surface area (TPSA) is 119 Å². The number of fused-ring (bicyclic) bond motifs is 1. The van der Waals surface area contributed by atoms with Crippen molar-refractivity contribution < 1.29 is 32.6 Å². The Balaban J connectivity index is 1.59. The molecule has 9 nitrogen and oxygen atoms in total. The van der Waals surface area contributed by atoms with Gasteiger partial charge in [-0.1, -0.05) is 6.07 Å². The highest BCUT2D eigenvalue weighted by Gasteiger charge is 2.33. The van der Waals surface area contributed by atoms with Gasteiger partial charge in [0.15, 0.2) is 11.5 Å². The highest BCUT2D eigenvalue weighted by atomic mass is 19.1. The summed E-state index contributed by atoms with van der Waals surface area (Å²) in [7, 11) is 2.90. The van der Waals surface area contributed by atoms with Gasteiger partial charge in [0, 0.05) is 0 Å². The van der Waals surface area contributed by atoms with Crippen LogP contribution in [0.25, 0.3) is 17.2 Å². The Kier molecular flexibility index (Phi) is 7.70. The van der Waals surface area contributed by atoms with E-state index in [4.69, 9.17) is 18.3 Å². The zero-order chi connectivity index (χ0) is 28.2. The summed E-state index contributed by atoms with van der Waals surface area (Å²) in [5, 5.41) is 16.5. The number of hydrogen-bond acceptors (Lipinski definition) is 8. The lowest BCUT2D eigenvalue weighted by molar-refractivity contribution is -0.122. The molecule has 0 saturated carbocycles. The van der Waals surface area contributed by atoms with Crippen LogP contribution in [0.4, 0.5) is 4.39 Å². The van der Waals surface area contributed by atoms with Crippen molar-refractivity contribution in [2.45, 2.75) is 26.1 Å². The van der Waals surface area contributed by atoms with Gasteiger partial charge in [0.25, 0.3) is 0 Å². The van der Waals surface area contributed by atoms with Gasteiger partial charge < -0.3 is 28.7 Å². The van der Waals surface area contributed by atoms with Gasteiger partial charge in [0.2, 0.25) is 17.5 Å². The van der Waals surface area contributed by atoms with E-state index < -0.39 is 11.9 Å². The molecule has 1 aliphatic carbocycles. The number of carbonyl (C=O) groups excluding carboxylic acids is 1. The van der Waals surface area contributed by atoms with Gasteiger partial charge in [-0.05, 0) is 82.8 Å². The van der Waals surface area contributed by atoms with Crippen molar-refractivity contribution in [2.75, 3.05) is 14.2 Å². The van der Waals surface area contributed by atoms with Crippen molar-refractivity contribution in [1.29, 1.82) is 0 Å². The first-order valence-corrected chi connectivity index (χ1v) is 12.5. The molecule has 40 heavy (non-hydrogen) atoms. The second-order valence-electron chi connectivity index (χ2n) is 9.10. The van der Waals surface area contributed by atoms with E-state index in [0.29, 0.717) is 28.4 Å². The number of rotatable bonds is 10. The third-order valence-corrected chi connectivity index (χ3v) is 6.69. The molecule has 0 fully saturated rings. The molecule has 3 N–H and O–H groups in total. The predicted octanol–water partition coefficient (Wildman–Crippen LogP) is 4.93. The Morgan fingerprint density at radius 1 is 1.07 bits per heavy atom. The number of nitrogens with zero attached hydrogens (tertiary/aromatic N) is 1. The molecule has 1 atom stereocenters. The van der Waals surface area contributed by atoms with Crippen molar-refractivity contribution >= 4 is 23.1 Å². The van der Waals surface area contributed by atoms with Crippen LogP contribution in [0.5, 0.6) is 17.2 Å². The number of oxazole rings is 1. The average Bonchev–Trinajstić information content (AvgIpc) is 3.72. The molecule has 5 rings (SSSR count). The molecular formula is C30H28FN3O6. The number of phenolic OH excluding ortho intramolecular Hbond substituents is 1. The van der Waals surface area contributed by atoms with Crippen LogP contribution in [0.15, 0.2) is 75.6 Å². The number of allylic oxidation sites excluding steroid dienone is 2. The van der Waals surface area contributed by atoms with Crippen LogP contribution in [0.3, 0.4) is 0 Å². The maximum absolute atomic E-state index is 14.6. The molecule has 2 aromatic heterocycles. The molecule has 0 spiro atoms. The Hall–Kier alpha value is -4.83. The van der Waals surface area contributed by atoms with Gasteiger partial charge in [-0.15, -0.1) is 0 Å². The summed E-state index contributed by atoms with van der Waals surface area (Å²) in [6.07, 6.45) is 6.39. The number of aromatic nitrogens is 1. The zero-order valence-electron chi connectivity index (χ0n) is 22.2. The van der Waals surface area contributed by atoms with Crippen LogP contribution in [0.2, 0.25) is 0 Å². The van der Waals surface area contributed by atoms with Crippen LogP contribution in [-0.2, 0) is 17.9 Å². The van der Waals surface area contributed by atoms with Gasteiger partial charge in [-0.2, -0.15) is 0 Å². The smallest absolute Gasteiger partial charge is 0.242 e. The van der Waals surface area contributed by atoms with Crippen LogP contribution < -0.4 is 20.1 Å². The Bertz CT molecular complexity index is 1550. The summed E-state index contributed by atoms with van der Waals surface area (Å²) in [6.45, 7) is 2.23. The maximum Gasteiger partial charge on any atom is 0.242 e. The normalized spacial score (nSPS) is 14.3. The number of methoxy groups -OCH3 is 2. The van der Waals surface area contributed by atoms with E-state index in [1.165, 1.54) is 45.1 Å². The van der Waals surface area contributed by atoms with E-state index in [0.717, 1.165) is 16.7 Å². The summed E-state index contributed by atoms with van der Waals surface area (Å²) in [5.41, 5.74) is 4.18. The monoisotopic (exact) mass is 545 g/mol. The maximum atomic E-state index is 14.6. The van der Waals surface area contributed by atoms with Crippen molar-refractivity contribution in [3.8, 4) is 17.2 Å². The summed E-state index contributed by atoms with van der Waals surface area (Å²) >= 11 is 0. The molecule has 1 amide bonds. The highest BCUT2D eigenvalue weighted by molar-refractivity contribution is 6.11. The first-order chi connectivity index (χ1) is 19.4. The standard InChI is InChI=1S/C30H28FN3O6/c1-17-22(11-18-12-24(37-2)29(35)25(13-18)38-3)21-7-6-19(31)14-23(21)27(17)28(33-16-26-32-8-10-40-26)30(36)34-15-20-5-4-9-39-20/h4-14,28,33,35H,15-16H2,1-3H3,(H,34,36)/b22-11-. The summed E-state index contributed by atoms with van der Waals surface area (Å²) in [6, 6.07) is 10.5. The minimum absolute atomic E-state index is 0.113.